The molecule has 2 aliphatic heterocycles. The highest BCUT2D eigenvalue weighted by atomic mass is 16.7. The summed E-state index contributed by atoms with van der Waals surface area (Å²) in [5, 5.41) is 48.8. The number of hydrogen-bond donors (Lipinski definition) is 5. The number of aliphatic hydroxyl groups is 4. The fourth-order valence-electron chi connectivity index (χ4n) is 6.82. The number of ether oxygens (including phenoxy) is 2. The van der Waals surface area contributed by atoms with Crippen molar-refractivity contribution in [3.05, 3.63) is 35.9 Å². The molecule has 44 heavy (non-hydrogen) atoms. The van der Waals surface area contributed by atoms with Crippen molar-refractivity contribution in [2.75, 3.05) is 27.7 Å². The fraction of sp³-hybridized carbons (Fsp3) is 0.758. The Kier molecular flexibility index (Phi) is 12.8. The lowest BCUT2D eigenvalue weighted by Gasteiger charge is -2.46. The quantitative estimate of drug-likeness (QED) is 0.326. The summed E-state index contributed by atoms with van der Waals surface area (Å²) in [4.78, 5) is 30.2. The third-order valence-electron chi connectivity index (χ3n) is 9.36. The molecule has 0 aromatic heterocycles. The van der Waals surface area contributed by atoms with E-state index in [9.17, 15) is 30.0 Å². The topological polar surface area (TPSA) is 152 Å². The molecule has 1 aromatic carbocycles. The normalized spacial score (nSPS) is 40.3. The van der Waals surface area contributed by atoms with Gasteiger partial charge in [0.15, 0.2) is 6.29 Å². The summed E-state index contributed by atoms with van der Waals surface area (Å²) in [6.45, 7) is 9.03. The minimum atomic E-state index is -1.53. The van der Waals surface area contributed by atoms with Crippen molar-refractivity contribution in [3.8, 4) is 0 Å². The van der Waals surface area contributed by atoms with Gasteiger partial charge in [-0.2, -0.15) is 0 Å². The maximum atomic E-state index is 13.6. The van der Waals surface area contributed by atoms with E-state index in [1.54, 1.807) is 27.8 Å². The molecule has 11 heteroatoms. The Bertz CT molecular complexity index is 1070. The van der Waals surface area contributed by atoms with E-state index in [-0.39, 0.29) is 36.8 Å². The van der Waals surface area contributed by atoms with Gasteiger partial charge in [-0.05, 0) is 58.7 Å². The third-order valence-corrected chi connectivity index (χ3v) is 9.36. The number of nitrogens with zero attached hydrogens (tertiary/aromatic N) is 2. The molecule has 3 rings (SSSR count). The van der Waals surface area contributed by atoms with E-state index < -0.39 is 60.1 Å². The number of rotatable bonds is 5. The van der Waals surface area contributed by atoms with Crippen LogP contribution in [0.4, 0.5) is 0 Å². The molecule has 11 nitrogen and oxygen atoms in total. The maximum absolute atomic E-state index is 13.6. The standard InChI is InChI=1S/C33H55N3O8/c1-19-17-33(5,42)30(44-32-29(40)25(35(6)7)14-20(2)43-32)21(3)28(39)22(4)31(41)34-24(15-23-12-10-9-11-13-23)26(37)16-27(38)36(8)18-19/h9-13,19-22,24-26,28-30,32,37,39-40,42H,14-18H2,1-8H3,(H,34,41)/t19-,20-,21+,22?,24?,25+,26+,28+,29-,30-,32?,33-/m1/s1. The van der Waals surface area contributed by atoms with Gasteiger partial charge in [-0.1, -0.05) is 51.1 Å². The highest BCUT2D eigenvalue weighted by Gasteiger charge is 2.47. The van der Waals surface area contributed by atoms with Crippen molar-refractivity contribution < 1.29 is 39.5 Å². The number of likely N-dealkylation sites (N-methyl/N-ethyl adjacent to an activating group) is 1. The largest absolute Gasteiger partial charge is 0.392 e. The Hall–Kier alpha value is -2.12. The number of carbonyl (C=O) groups excluding carboxylic acids is 2. The average Bonchev–Trinajstić information content (AvgIpc) is 2.95. The number of aliphatic hydroxyl groups excluding tert-OH is 3. The highest BCUT2D eigenvalue weighted by molar-refractivity contribution is 5.80. The van der Waals surface area contributed by atoms with Crippen LogP contribution >= 0.6 is 0 Å². The van der Waals surface area contributed by atoms with E-state index in [1.165, 1.54) is 4.90 Å². The van der Waals surface area contributed by atoms with Crippen molar-refractivity contribution >= 4 is 11.8 Å². The SMILES string of the molecule is CC1C(=O)NC(Cc2ccccc2)[C@@H](O)CC(=O)N(C)C[C@H](C)C[C@@](C)(O)[C@H](OC2O[C@H](C)C[C@H](N(C)C)[C@H]2O)[C@@H](C)[C@@H]1O. The molecule has 2 saturated heterocycles. The molecule has 12 atom stereocenters. The zero-order valence-corrected chi connectivity index (χ0v) is 27.6. The van der Waals surface area contributed by atoms with Crippen LogP contribution in [-0.2, 0) is 25.5 Å². The van der Waals surface area contributed by atoms with Crippen LogP contribution in [0.15, 0.2) is 30.3 Å². The molecule has 2 fully saturated rings. The Morgan fingerprint density at radius 2 is 1.70 bits per heavy atom. The van der Waals surface area contributed by atoms with Gasteiger partial charge in [0.2, 0.25) is 11.8 Å². The van der Waals surface area contributed by atoms with Crippen molar-refractivity contribution in [2.45, 2.75) is 115 Å². The molecular weight excluding hydrogens is 566 g/mol. The molecule has 250 valence electrons. The van der Waals surface area contributed by atoms with Crippen molar-refractivity contribution in [1.82, 2.24) is 15.1 Å². The number of benzene rings is 1. The first kappa shape index (κ1) is 36.3. The third kappa shape index (κ3) is 9.22. The van der Waals surface area contributed by atoms with E-state index in [1.807, 2.05) is 63.2 Å². The van der Waals surface area contributed by atoms with Gasteiger partial charge < -0.3 is 45.0 Å². The summed E-state index contributed by atoms with van der Waals surface area (Å²) in [5.41, 5.74) is -0.654. The van der Waals surface area contributed by atoms with Crippen molar-refractivity contribution in [1.29, 1.82) is 0 Å². The molecule has 0 spiro atoms. The predicted molar refractivity (Wildman–Crippen MR) is 166 cm³/mol. The van der Waals surface area contributed by atoms with E-state index in [0.717, 1.165) is 5.56 Å². The van der Waals surface area contributed by atoms with Gasteiger partial charge >= 0.3 is 0 Å². The number of amides is 2. The molecule has 1 aromatic rings. The van der Waals surface area contributed by atoms with Gasteiger partial charge in [0, 0.05) is 25.6 Å². The Morgan fingerprint density at radius 3 is 2.32 bits per heavy atom. The molecule has 2 aliphatic rings. The molecule has 5 N–H and O–H groups in total. The summed E-state index contributed by atoms with van der Waals surface area (Å²) in [7, 11) is 5.40. The summed E-state index contributed by atoms with van der Waals surface area (Å²) in [6.07, 6.45) is -4.88. The van der Waals surface area contributed by atoms with Crippen LogP contribution in [0.3, 0.4) is 0 Å². The maximum Gasteiger partial charge on any atom is 0.225 e. The van der Waals surface area contributed by atoms with E-state index in [4.69, 9.17) is 9.47 Å². The Morgan fingerprint density at radius 1 is 1.07 bits per heavy atom. The molecule has 0 bridgehead atoms. The lowest BCUT2D eigenvalue weighted by Crippen LogP contribution is -2.59. The monoisotopic (exact) mass is 621 g/mol. The minimum absolute atomic E-state index is 0.195. The molecular formula is C33H55N3O8. The van der Waals surface area contributed by atoms with Crippen LogP contribution in [0.25, 0.3) is 0 Å². The molecule has 2 amide bonds. The summed E-state index contributed by atoms with van der Waals surface area (Å²) < 4.78 is 12.4. The molecule has 3 unspecified atom stereocenters. The van der Waals surface area contributed by atoms with Gasteiger partial charge in [0.25, 0.3) is 0 Å². The number of carbonyl (C=O) groups is 2. The Balaban J connectivity index is 1.97. The first-order valence-corrected chi connectivity index (χ1v) is 15.8. The van der Waals surface area contributed by atoms with Crippen molar-refractivity contribution in [2.24, 2.45) is 17.8 Å². The van der Waals surface area contributed by atoms with Crippen LogP contribution in [0.2, 0.25) is 0 Å². The number of hydrogen-bond acceptors (Lipinski definition) is 9. The second kappa shape index (κ2) is 15.4. The minimum Gasteiger partial charge on any atom is -0.392 e. The smallest absolute Gasteiger partial charge is 0.225 e. The lowest BCUT2D eigenvalue weighted by molar-refractivity contribution is -0.299. The Labute approximate surface area is 262 Å². The second-order valence-electron chi connectivity index (χ2n) is 13.8. The van der Waals surface area contributed by atoms with Crippen LogP contribution in [0.1, 0.15) is 59.4 Å². The fourth-order valence-corrected chi connectivity index (χ4v) is 6.82. The molecule has 2 heterocycles. The van der Waals surface area contributed by atoms with Crippen LogP contribution in [0, 0.1) is 17.8 Å². The van der Waals surface area contributed by atoms with Gasteiger partial charge in [-0.3, -0.25) is 9.59 Å². The van der Waals surface area contributed by atoms with Crippen LogP contribution < -0.4 is 5.32 Å². The molecule has 0 aliphatic carbocycles. The summed E-state index contributed by atoms with van der Waals surface area (Å²) in [6, 6.07) is 8.36. The van der Waals surface area contributed by atoms with Gasteiger partial charge in [0.05, 0.1) is 48.4 Å². The number of nitrogens with one attached hydrogen (secondary N) is 1. The van der Waals surface area contributed by atoms with Crippen LogP contribution in [0.5, 0.6) is 0 Å². The van der Waals surface area contributed by atoms with E-state index >= 15 is 0 Å². The van der Waals surface area contributed by atoms with E-state index in [2.05, 4.69) is 5.32 Å². The van der Waals surface area contributed by atoms with Crippen LogP contribution in [-0.4, -0.2) is 124 Å². The van der Waals surface area contributed by atoms with E-state index in [0.29, 0.717) is 19.4 Å². The first-order chi connectivity index (χ1) is 20.5. The second-order valence-corrected chi connectivity index (χ2v) is 13.8. The highest BCUT2D eigenvalue weighted by Crippen LogP contribution is 2.35. The first-order valence-electron chi connectivity index (χ1n) is 15.8. The molecule has 0 saturated carbocycles. The summed E-state index contributed by atoms with van der Waals surface area (Å²) >= 11 is 0. The molecule has 0 radical (unpaired) electrons. The van der Waals surface area contributed by atoms with Gasteiger partial charge in [-0.15, -0.1) is 0 Å². The van der Waals surface area contributed by atoms with Gasteiger partial charge in [-0.25, -0.2) is 0 Å². The van der Waals surface area contributed by atoms with Crippen molar-refractivity contribution in [3.63, 3.8) is 0 Å². The van der Waals surface area contributed by atoms with Gasteiger partial charge in [0.1, 0.15) is 6.10 Å². The lowest BCUT2D eigenvalue weighted by atomic mass is 9.77. The zero-order valence-electron chi connectivity index (χ0n) is 27.6. The predicted octanol–water partition coefficient (Wildman–Crippen LogP) is 1.16. The zero-order chi connectivity index (χ0) is 32.9. The average molecular weight is 622 g/mol. The summed E-state index contributed by atoms with van der Waals surface area (Å²) in [5.74, 6) is -2.71.